The molecular formula is C101H63F15N20Pt4. The average Bonchev–Trinajstić information content (AvgIpc) is 1.27. The van der Waals surface area contributed by atoms with E-state index in [1.165, 1.54) is 18.5 Å². The van der Waals surface area contributed by atoms with Crippen molar-refractivity contribution < 1.29 is 150 Å². The zero-order valence-corrected chi connectivity index (χ0v) is 81.4. The van der Waals surface area contributed by atoms with Gasteiger partial charge in [0, 0.05) is 56.8 Å². The minimum atomic E-state index is -4.62. The third-order valence-electron chi connectivity index (χ3n) is 20.7. The van der Waals surface area contributed by atoms with E-state index in [1.54, 1.807) is 103 Å². The van der Waals surface area contributed by atoms with Crippen LogP contribution in [-0.2, 0) is 108 Å². The molecule has 16 aromatic heterocycles. The molecule has 712 valence electrons. The zero-order valence-electron chi connectivity index (χ0n) is 72.3. The summed E-state index contributed by atoms with van der Waals surface area (Å²) in [6.07, 6.45) is 2.49. The molecule has 3 unspecified atom stereocenters. The number of pyridine rings is 12. The quantitative estimate of drug-likeness (QED) is 0.0417. The van der Waals surface area contributed by atoms with Gasteiger partial charge in [-0.05, 0) is 128 Å². The smallest absolute Gasteiger partial charge is 0.453 e. The van der Waals surface area contributed by atoms with Gasteiger partial charge in [0.25, 0.3) is 0 Å². The van der Waals surface area contributed by atoms with Gasteiger partial charge in [0.2, 0.25) is 0 Å². The standard InChI is InChI=1S/C27H16F5N5.C27H17F4N5.C26H15F4N5.C21H15F2N5.4Pt/c1-16-14-20(18-10-11-23(28)35-26(18)29)33-21(15-16)25(17-6-3-2-4-7-17)19-8-5-9-24(34-19)37-13-12-22(36-37)27(30,31)32;1-17-14-21(19-10-11-24(28)32-16-19)33-22(15-17)26(18-6-3-2-4-7-18)20-8-5-9-25(34-20)36-13-12-23(35-36)27(29,30)31;27-23-13-12-18(16-31-23)19-8-4-9-20(32-19)25(17-6-2-1-3-7-17)21-10-5-11-24(33-21)35-15-14-22(34-35)26(28,29)30;1-21(2,17-7-4-8-19(26-17)28-12-11-24-13-28)16-6-3-5-15(25-16)14-9-10-18(22)27-20(14)23;;;;/h2-9,11-12,14-15,25H,1H3;2-9,11-12,14-16,26H,1H3;1-11,13-14,16,25H;3-8,10-11,13H,1-2H3;;;;/q4*-2;4*+2. The number of halogens is 15. The second kappa shape index (κ2) is 45.7. The van der Waals surface area contributed by atoms with Crippen LogP contribution in [0.25, 0.3) is 68.3 Å². The van der Waals surface area contributed by atoms with Crippen LogP contribution in [0.1, 0.15) is 122 Å². The minimum absolute atomic E-state index is 0. The predicted octanol–water partition coefficient (Wildman–Crippen LogP) is 21.7. The van der Waals surface area contributed by atoms with Crippen LogP contribution in [0.3, 0.4) is 0 Å². The van der Waals surface area contributed by atoms with E-state index in [9.17, 15) is 65.9 Å². The van der Waals surface area contributed by atoms with Crippen molar-refractivity contribution in [3.8, 4) is 68.3 Å². The normalized spacial score (nSPS) is 11.9. The Morgan fingerprint density at radius 1 is 0.300 bits per heavy atom. The monoisotopic (exact) mass is 2620 g/mol. The molecule has 16 heterocycles. The Bertz CT molecular complexity index is 7390. The topological polar surface area (TPSA) is 226 Å². The third kappa shape index (κ3) is 25.4. The Labute approximate surface area is 847 Å². The van der Waals surface area contributed by atoms with Gasteiger partial charge < -0.3 is 53.5 Å². The second-order valence-corrected chi connectivity index (χ2v) is 30.5. The summed E-state index contributed by atoms with van der Waals surface area (Å²) in [5, 5.41) is 10.7. The van der Waals surface area contributed by atoms with Gasteiger partial charge in [-0.2, -0.15) is 39.5 Å². The van der Waals surface area contributed by atoms with E-state index in [-0.39, 0.29) is 119 Å². The maximum absolute atomic E-state index is 14.4. The van der Waals surface area contributed by atoms with Crippen LogP contribution in [0.2, 0.25) is 0 Å². The molecule has 0 saturated carbocycles. The summed E-state index contributed by atoms with van der Waals surface area (Å²) in [6.45, 7) is 7.67. The number of nitrogens with zero attached hydrogens (tertiary/aromatic N) is 20. The van der Waals surface area contributed by atoms with Crippen molar-refractivity contribution in [2.45, 2.75) is 69.4 Å². The van der Waals surface area contributed by atoms with Gasteiger partial charge in [-0.3, -0.25) is 45.2 Å². The largest absolute Gasteiger partial charge is 2.00 e. The molecule has 0 amide bonds. The fourth-order valence-electron chi connectivity index (χ4n) is 14.3. The van der Waals surface area contributed by atoms with Crippen molar-refractivity contribution in [3.05, 3.63) is 467 Å². The van der Waals surface area contributed by atoms with Gasteiger partial charge in [0.15, 0.2) is 0 Å². The van der Waals surface area contributed by atoms with Crippen LogP contribution in [0, 0.1) is 98.6 Å². The van der Waals surface area contributed by atoms with E-state index < -0.39 is 94.5 Å². The van der Waals surface area contributed by atoms with Crippen LogP contribution >= 0.6 is 0 Å². The number of aryl methyl sites for hydroxylation is 2. The molecule has 0 saturated heterocycles. The second-order valence-electron chi connectivity index (χ2n) is 30.5. The number of imidazole rings is 1. The summed E-state index contributed by atoms with van der Waals surface area (Å²) in [4.78, 5) is 55.1. The van der Waals surface area contributed by atoms with E-state index in [2.05, 4.69) is 114 Å². The van der Waals surface area contributed by atoms with Gasteiger partial charge >= 0.3 is 103 Å². The molecule has 19 rings (SSSR count). The molecule has 0 spiro atoms. The van der Waals surface area contributed by atoms with Crippen LogP contribution in [0.4, 0.5) is 65.9 Å². The Kier molecular flexibility index (Phi) is 34.3. The average molecular weight is 2620 g/mol. The van der Waals surface area contributed by atoms with E-state index >= 15 is 0 Å². The predicted molar refractivity (Wildman–Crippen MR) is 465 cm³/mol. The first-order valence-corrected chi connectivity index (χ1v) is 40.9. The zero-order chi connectivity index (χ0) is 95.6. The van der Waals surface area contributed by atoms with Crippen molar-refractivity contribution in [1.82, 2.24) is 98.7 Å². The molecule has 20 nitrogen and oxygen atoms in total. The van der Waals surface area contributed by atoms with Crippen molar-refractivity contribution in [3.63, 3.8) is 0 Å². The first kappa shape index (κ1) is 105. The maximum Gasteiger partial charge on any atom is 2.00 e. The number of hydrogen-bond donors (Lipinski definition) is 0. The van der Waals surface area contributed by atoms with E-state index in [0.29, 0.717) is 73.9 Å². The summed E-state index contributed by atoms with van der Waals surface area (Å²) in [5.41, 5.74) is 7.85. The van der Waals surface area contributed by atoms with Crippen LogP contribution in [0.5, 0.6) is 0 Å². The summed E-state index contributed by atoms with van der Waals surface area (Å²) in [5.74, 6) is -5.47. The molecule has 0 aliphatic carbocycles. The van der Waals surface area contributed by atoms with E-state index in [1.807, 2.05) is 160 Å². The van der Waals surface area contributed by atoms with Crippen LogP contribution in [-0.4, -0.2) is 98.7 Å². The van der Waals surface area contributed by atoms with Crippen molar-refractivity contribution in [2.75, 3.05) is 0 Å². The van der Waals surface area contributed by atoms with Crippen LogP contribution in [0.15, 0.2) is 292 Å². The Morgan fingerprint density at radius 3 is 1.05 bits per heavy atom. The number of aromatic nitrogens is 20. The van der Waals surface area contributed by atoms with Crippen LogP contribution < -0.4 is 0 Å². The molecule has 0 bridgehead atoms. The fourth-order valence-corrected chi connectivity index (χ4v) is 14.3. The minimum Gasteiger partial charge on any atom is -0.453 e. The molecule has 19 aromatic rings. The molecule has 0 fully saturated rings. The maximum atomic E-state index is 14.4. The summed E-state index contributed by atoms with van der Waals surface area (Å²) >= 11 is 0. The summed E-state index contributed by atoms with van der Waals surface area (Å²) in [7, 11) is 0. The molecule has 3 atom stereocenters. The number of hydrogen-bond acceptors (Lipinski definition) is 16. The summed E-state index contributed by atoms with van der Waals surface area (Å²) in [6, 6.07) is 83.9. The van der Waals surface area contributed by atoms with Gasteiger partial charge in [-0.25, -0.2) is 26.3 Å². The molecule has 0 radical (unpaired) electrons. The number of benzene rings is 3. The Hall–Kier alpha value is -14.0. The van der Waals surface area contributed by atoms with Gasteiger partial charge in [-0.1, -0.05) is 260 Å². The molecule has 3 aromatic carbocycles. The summed E-state index contributed by atoms with van der Waals surface area (Å²) < 4.78 is 203. The van der Waals surface area contributed by atoms with Crippen molar-refractivity contribution in [2.24, 2.45) is 0 Å². The number of rotatable bonds is 19. The molecule has 0 aliphatic rings. The van der Waals surface area contributed by atoms with E-state index in [0.717, 1.165) is 90.0 Å². The fraction of sp³-hybridized carbons (Fsp3) is 0.109. The first-order chi connectivity index (χ1) is 65.3. The van der Waals surface area contributed by atoms with E-state index in [4.69, 9.17) is 15.0 Å². The van der Waals surface area contributed by atoms with Gasteiger partial charge in [0.1, 0.15) is 35.7 Å². The molecule has 0 aliphatic heterocycles. The third-order valence-corrected chi connectivity index (χ3v) is 20.7. The Morgan fingerprint density at radius 2 is 0.650 bits per heavy atom. The molecular weight excluding hydrogens is 2560 g/mol. The first-order valence-electron chi connectivity index (χ1n) is 40.9. The molecule has 140 heavy (non-hydrogen) atoms. The number of alkyl halides is 9. The van der Waals surface area contributed by atoms with Gasteiger partial charge in [0.05, 0.1) is 52.3 Å². The SMILES string of the molecule is CC(C)(c1cccc(-c2[c-]cc(F)nc2F)n1)c1cccc(-n2[c-]cnc2)n1.Cc1cc(-c2[c-]cc(F)nc2)nc(C(c2ccccc2)c2cccc(-n3[c-]cc(C(F)(F)F)n3)n2)c1.Cc1cc(-c2[c-]cc(F)nc2F)nc(C(c2ccccc2)c2cccc(-n3[c-]cc(C(F)(F)F)n3)n2)c1.Fc1c[c-]c(-c2cccc(C(c3ccccc3)c3cccc(-n4[c-]cc(C(F)(F)F)n4)n3)n2)cn1.[Pt+2].[Pt+2].[Pt+2].[Pt+2]. The Balaban J connectivity index is 0.000000166. The molecule has 39 heteroatoms. The van der Waals surface area contributed by atoms with Crippen molar-refractivity contribution in [1.29, 1.82) is 0 Å². The van der Waals surface area contributed by atoms with Gasteiger partial charge in [-0.15, -0.1) is 53.6 Å². The van der Waals surface area contributed by atoms with Crippen molar-refractivity contribution >= 4 is 0 Å². The molecule has 0 N–H and O–H groups in total.